The fourth-order valence-corrected chi connectivity index (χ4v) is 3.33. The lowest BCUT2D eigenvalue weighted by atomic mass is 10.2. The van der Waals surface area contributed by atoms with Gasteiger partial charge in [0.15, 0.2) is 0 Å². The molecule has 110 valence electrons. The number of benzene rings is 1. The summed E-state index contributed by atoms with van der Waals surface area (Å²) in [5.74, 6) is 2.07. The monoisotopic (exact) mass is 290 g/mol. The van der Waals surface area contributed by atoms with Crippen LogP contribution in [-0.4, -0.2) is 32.1 Å². The van der Waals surface area contributed by atoms with Gasteiger partial charge in [-0.3, -0.25) is 0 Å². The van der Waals surface area contributed by atoms with E-state index in [4.69, 9.17) is 9.42 Å². The molecule has 1 aliphatic heterocycles. The molecule has 1 aliphatic rings. The minimum Gasteiger partial charge on any atom is -0.543 e. The van der Waals surface area contributed by atoms with Crippen molar-refractivity contribution in [3.05, 3.63) is 23.8 Å². The van der Waals surface area contributed by atoms with Crippen molar-refractivity contribution in [1.29, 1.82) is 0 Å². The maximum atomic E-state index is 6.24. The van der Waals surface area contributed by atoms with Crippen LogP contribution in [-0.2, 0) is 0 Å². The molecule has 1 heterocycles. The number of aliphatic imine (C=N–C) groups is 1. The zero-order valence-corrected chi connectivity index (χ0v) is 14.4. The van der Waals surface area contributed by atoms with Gasteiger partial charge in [0.1, 0.15) is 17.3 Å². The number of likely N-dealkylation sites (tertiary alicyclic amines) is 1. The summed E-state index contributed by atoms with van der Waals surface area (Å²) in [7, 11) is -1.63. The van der Waals surface area contributed by atoms with Gasteiger partial charge in [0.25, 0.3) is 0 Å². The molecule has 4 heteroatoms. The molecule has 1 fully saturated rings. The van der Waals surface area contributed by atoms with E-state index >= 15 is 0 Å². The van der Waals surface area contributed by atoms with E-state index in [-0.39, 0.29) is 0 Å². The summed E-state index contributed by atoms with van der Waals surface area (Å²) in [6.45, 7) is 13.1. The van der Waals surface area contributed by atoms with Crippen LogP contribution in [0.2, 0.25) is 19.6 Å². The Kier molecular flexibility index (Phi) is 4.53. The predicted octanol–water partition coefficient (Wildman–Crippen LogP) is 4.35. The summed E-state index contributed by atoms with van der Waals surface area (Å²) < 4.78 is 6.24. The highest BCUT2D eigenvalue weighted by Crippen LogP contribution is 2.33. The summed E-state index contributed by atoms with van der Waals surface area (Å²) in [5, 5.41) is 0. The number of hydrogen-bond acceptors (Lipinski definition) is 2. The van der Waals surface area contributed by atoms with E-state index in [0.29, 0.717) is 0 Å². The normalized spacial score (nSPS) is 16.6. The van der Waals surface area contributed by atoms with Gasteiger partial charge >= 0.3 is 0 Å². The number of aryl methyl sites for hydroxylation is 1. The first-order chi connectivity index (χ1) is 9.37. The molecule has 0 aliphatic carbocycles. The van der Waals surface area contributed by atoms with E-state index in [0.717, 1.165) is 30.4 Å². The lowest BCUT2D eigenvalue weighted by Gasteiger charge is -2.23. The van der Waals surface area contributed by atoms with Gasteiger partial charge in [-0.15, -0.1) is 0 Å². The highest BCUT2D eigenvalue weighted by molar-refractivity contribution is 6.70. The van der Waals surface area contributed by atoms with Crippen molar-refractivity contribution in [2.24, 2.45) is 4.99 Å². The van der Waals surface area contributed by atoms with Gasteiger partial charge in [0, 0.05) is 13.1 Å². The molecule has 20 heavy (non-hydrogen) atoms. The molecule has 1 aromatic carbocycles. The quantitative estimate of drug-likeness (QED) is 0.469. The number of nitrogens with zero attached hydrogens (tertiary/aromatic N) is 2. The molecule has 0 radical (unpaired) electrons. The van der Waals surface area contributed by atoms with Crippen LogP contribution >= 0.6 is 0 Å². The molecular formula is C16H26N2OSi. The van der Waals surface area contributed by atoms with E-state index in [1.54, 1.807) is 0 Å². The standard InChI is InChI=1S/C16H26N2OSi/c1-13-9-8-10-15(16(13)19-20(3,4)5)17-14(2)18-11-6-7-12-18/h8-10H,6-7,11-12H2,1-5H3. The van der Waals surface area contributed by atoms with Crippen molar-refractivity contribution in [2.75, 3.05) is 13.1 Å². The fourth-order valence-electron chi connectivity index (χ4n) is 2.45. The molecule has 0 spiro atoms. The number of hydrogen-bond donors (Lipinski definition) is 0. The third-order valence-electron chi connectivity index (χ3n) is 3.45. The average Bonchev–Trinajstić information content (AvgIpc) is 2.86. The first-order valence-electron chi connectivity index (χ1n) is 7.46. The largest absolute Gasteiger partial charge is 0.543 e. The van der Waals surface area contributed by atoms with Crippen molar-refractivity contribution in [2.45, 2.75) is 46.3 Å². The van der Waals surface area contributed by atoms with E-state index < -0.39 is 8.32 Å². The smallest absolute Gasteiger partial charge is 0.242 e. The Hall–Kier alpha value is -1.29. The molecule has 0 unspecified atom stereocenters. The van der Waals surface area contributed by atoms with Crippen molar-refractivity contribution in [1.82, 2.24) is 4.90 Å². The minimum atomic E-state index is -1.63. The van der Waals surface area contributed by atoms with Crippen LogP contribution in [0.15, 0.2) is 23.2 Å². The van der Waals surface area contributed by atoms with Crippen molar-refractivity contribution in [3.63, 3.8) is 0 Å². The zero-order valence-electron chi connectivity index (χ0n) is 13.4. The maximum Gasteiger partial charge on any atom is 0.242 e. The minimum absolute atomic E-state index is 0.963. The predicted molar refractivity (Wildman–Crippen MR) is 88.7 cm³/mol. The van der Waals surface area contributed by atoms with Crippen molar-refractivity contribution >= 4 is 19.8 Å². The van der Waals surface area contributed by atoms with E-state index in [1.807, 2.05) is 0 Å². The molecule has 0 amide bonds. The average molecular weight is 290 g/mol. The lowest BCUT2D eigenvalue weighted by Crippen LogP contribution is -2.29. The molecule has 0 aromatic heterocycles. The Morgan fingerprint density at radius 1 is 1.20 bits per heavy atom. The fraction of sp³-hybridized carbons (Fsp3) is 0.562. The van der Waals surface area contributed by atoms with E-state index in [9.17, 15) is 0 Å². The third-order valence-corrected chi connectivity index (χ3v) is 4.26. The van der Waals surface area contributed by atoms with Crippen LogP contribution in [0.5, 0.6) is 5.75 Å². The highest BCUT2D eigenvalue weighted by atomic mass is 28.4. The second-order valence-electron chi connectivity index (χ2n) is 6.49. The molecular weight excluding hydrogens is 264 g/mol. The summed E-state index contributed by atoms with van der Waals surface area (Å²) in [4.78, 5) is 7.19. The maximum absolute atomic E-state index is 6.24. The zero-order chi connectivity index (χ0) is 14.8. The Bertz CT molecular complexity index is 500. The first kappa shape index (κ1) is 15.1. The van der Waals surface area contributed by atoms with Gasteiger partial charge in [-0.1, -0.05) is 12.1 Å². The van der Waals surface area contributed by atoms with Crippen LogP contribution in [0.4, 0.5) is 5.69 Å². The Morgan fingerprint density at radius 2 is 1.85 bits per heavy atom. The number of rotatable bonds is 3. The molecule has 1 saturated heterocycles. The Balaban J connectivity index is 2.31. The molecule has 2 rings (SSSR count). The second kappa shape index (κ2) is 6.00. The van der Waals surface area contributed by atoms with Gasteiger partial charge in [0.05, 0.1) is 0 Å². The molecule has 1 aromatic rings. The Morgan fingerprint density at radius 3 is 2.45 bits per heavy atom. The van der Waals surface area contributed by atoms with E-state index in [2.05, 4.69) is 56.6 Å². The molecule has 0 N–H and O–H groups in total. The van der Waals surface area contributed by atoms with Gasteiger partial charge in [-0.25, -0.2) is 4.99 Å². The van der Waals surface area contributed by atoms with Crippen molar-refractivity contribution < 1.29 is 4.43 Å². The summed E-state index contributed by atoms with van der Waals surface area (Å²) >= 11 is 0. The molecule has 0 atom stereocenters. The van der Waals surface area contributed by atoms with E-state index in [1.165, 1.54) is 18.4 Å². The molecule has 0 saturated carbocycles. The van der Waals surface area contributed by atoms with Crippen LogP contribution < -0.4 is 4.43 Å². The van der Waals surface area contributed by atoms with Crippen LogP contribution in [0.1, 0.15) is 25.3 Å². The second-order valence-corrected chi connectivity index (χ2v) is 10.9. The third kappa shape index (κ3) is 3.85. The van der Waals surface area contributed by atoms with Gasteiger partial charge < -0.3 is 9.33 Å². The van der Waals surface area contributed by atoms with Gasteiger partial charge in [0.2, 0.25) is 8.32 Å². The molecule has 0 bridgehead atoms. The van der Waals surface area contributed by atoms with Crippen LogP contribution in [0.25, 0.3) is 0 Å². The highest BCUT2D eigenvalue weighted by Gasteiger charge is 2.20. The van der Waals surface area contributed by atoms with Crippen LogP contribution in [0.3, 0.4) is 0 Å². The SMILES string of the molecule is CC(=Nc1cccc(C)c1O[Si](C)(C)C)N1CCCC1. The Labute approximate surface area is 123 Å². The van der Waals surface area contributed by atoms with Gasteiger partial charge in [-0.2, -0.15) is 0 Å². The first-order valence-corrected chi connectivity index (χ1v) is 10.9. The molecule has 3 nitrogen and oxygen atoms in total. The van der Waals surface area contributed by atoms with Crippen LogP contribution in [0, 0.1) is 6.92 Å². The summed E-state index contributed by atoms with van der Waals surface area (Å²) in [6, 6.07) is 6.21. The summed E-state index contributed by atoms with van der Waals surface area (Å²) in [6.07, 6.45) is 2.55. The number of amidine groups is 1. The topological polar surface area (TPSA) is 24.8 Å². The summed E-state index contributed by atoms with van der Waals surface area (Å²) in [5.41, 5.74) is 2.14. The lowest BCUT2D eigenvalue weighted by molar-refractivity contribution is 0.515. The number of para-hydroxylation sites is 1. The van der Waals surface area contributed by atoms with Crippen molar-refractivity contribution in [3.8, 4) is 5.75 Å². The van der Waals surface area contributed by atoms with Gasteiger partial charge in [-0.05, 0) is 58.0 Å².